The Balaban J connectivity index is 2.11. The Morgan fingerprint density at radius 1 is 1.26 bits per heavy atom. The molecule has 1 heterocycles. The number of aromatic nitrogens is 2. The van der Waals surface area contributed by atoms with E-state index in [1.807, 2.05) is 0 Å². The van der Waals surface area contributed by atoms with Gasteiger partial charge in [-0.15, -0.1) is 0 Å². The maximum absolute atomic E-state index is 5.77. The van der Waals surface area contributed by atoms with E-state index in [9.17, 15) is 0 Å². The molecule has 0 radical (unpaired) electrons. The summed E-state index contributed by atoms with van der Waals surface area (Å²) in [5.74, 6) is 1.34. The monoisotopic (exact) mass is 267 g/mol. The first-order chi connectivity index (χ1) is 9.01. The predicted octanol–water partition coefficient (Wildman–Crippen LogP) is 2.62. The molecule has 2 rings (SSSR count). The molecule has 5 heteroatoms. The smallest absolute Gasteiger partial charge is 0.240 e. The molecule has 0 unspecified atom stereocenters. The Bertz CT molecular complexity index is 405. The molecule has 1 aromatic rings. The third-order valence-electron chi connectivity index (χ3n) is 4.20. The topological polar surface area (TPSA) is 60.2 Å². The van der Waals surface area contributed by atoms with Gasteiger partial charge in [-0.25, -0.2) is 0 Å². The lowest BCUT2D eigenvalue weighted by atomic mass is 9.70. The minimum atomic E-state index is -0.358. The number of rotatable bonds is 5. The van der Waals surface area contributed by atoms with Crippen molar-refractivity contribution in [3.63, 3.8) is 0 Å². The summed E-state index contributed by atoms with van der Waals surface area (Å²) in [4.78, 5) is 4.50. The third-order valence-corrected chi connectivity index (χ3v) is 4.20. The summed E-state index contributed by atoms with van der Waals surface area (Å²) in [6, 6.07) is 0. The highest BCUT2D eigenvalue weighted by Gasteiger charge is 2.43. The minimum Gasteiger partial charge on any atom is -0.370 e. The Hall–Kier alpha value is -0.940. The number of methoxy groups -OCH3 is 1. The van der Waals surface area contributed by atoms with Crippen molar-refractivity contribution in [2.24, 2.45) is 5.41 Å². The minimum absolute atomic E-state index is 0.358. The average Bonchev–Trinajstić information content (AvgIpc) is 2.86. The van der Waals surface area contributed by atoms with E-state index in [0.717, 1.165) is 32.2 Å². The van der Waals surface area contributed by atoms with Gasteiger partial charge in [0.15, 0.2) is 0 Å². The third kappa shape index (κ3) is 3.15. The van der Waals surface area contributed by atoms with Crippen LogP contribution >= 0.6 is 0 Å². The van der Waals surface area contributed by atoms with Gasteiger partial charge in [-0.2, -0.15) is 4.98 Å². The maximum Gasteiger partial charge on any atom is 0.240 e. The molecule has 0 saturated heterocycles. The summed E-state index contributed by atoms with van der Waals surface area (Å²) < 4.78 is 11.1. The van der Waals surface area contributed by atoms with Gasteiger partial charge in [0.05, 0.1) is 6.54 Å². The molecule has 1 aromatic heterocycles. The lowest BCUT2D eigenvalue weighted by molar-refractivity contribution is -0.0740. The van der Waals surface area contributed by atoms with E-state index in [4.69, 9.17) is 9.26 Å². The van der Waals surface area contributed by atoms with Crippen LogP contribution in [0.15, 0.2) is 4.52 Å². The van der Waals surface area contributed by atoms with Gasteiger partial charge in [0.2, 0.25) is 11.7 Å². The highest BCUT2D eigenvalue weighted by molar-refractivity contribution is 5.05. The van der Waals surface area contributed by atoms with Crippen LogP contribution in [0.5, 0.6) is 0 Å². The zero-order valence-electron chi connectivity index (χ0n) is 12.5. The lowest BCUT2D eigenvalue weighted by Gasteiger charge is -2.40. The summed E-state index contributed by atoms with van der Waals surface area (Å²) in [5, 5.41) is 7.32. The first-order valence-corrected chi connectivity index (χ1v) is 7.10. The van der Waals surface area contributed by atoms with Gasteiger partial charge in [-0.05, 0) is 37.6 Å². The second-order valence-electron chi connectivity index (χ2n) is 6.15. The number of nitrogens with one attached hydrogen (secondary N) is 1. The first kappa shape index (κ1) is 14.5. The van der Waals surface area contributed by atoms with E-state index in [0.29, 0.717) is 23.7 Å². The fraction of sp³-hybridized carbons (Fsp3) is 0.857. The van der Waals surface area contributed by atoms with Crippen molar-refractivity contribution in [1.29, 1.82) is 0 Å². The van der Waals surface area contributed by atoms with E-state index in [2.05, 4.69) is 36.2 Å². The molecular weight excluding hydrogens is 242 g/mol. The highest BCUT2D eigenvalue weighted by atomic mass is 16.5. The van der Waals surface area contributed by atoms with Gasteiger partial charge >= 0.3 is 0 Å². The van der Waals surface area contributed by atoms with Crippen LogP contribution in [0.4, 0.5) is 0 Å². The number of ether oxygens (including phenoxy) is 1. The van der Waals surface area contributed by atoms with Gasteiger partial charge in [0.1, 0.15) is 5.60 Å². The summed E-state index contributed by atoms with van der Waals surface area (Å²) >= 11 is 0. The van der Waals surface area contributed by atoms with Crippen molar-refractivity contribution >= 4 is 0 Å². The fourth-order valence-electron chi connectivity index (χ4n) is 2.59. The summed E-state index contributed by atoms with van der Waals surface area (Å²) in [6.07, 6.45) is 4.16. The van der Waals surface area contributed by atoms with E-state index in [-0.39, 0.29) is 5.60 Å². The van der Waals surface area contributed by atoms with Gasteiger partial charge in [0, 0.05) is 7.11 Å². The largest absolute Gasteiger partial charge is 0.370 e. The van der Waals surface area contributed by atoms with Gasteiger partial charge in [0.25, 0.3) is 0 Å². The molecule has 1 aliphatic carbocycles. The normalized spacial score (nSPS) is 21.5. The molecule has 0 atom stereocenters. The lowest BCUT2D eigenvalue weighted by Crippen LogP contribution is -2.37. The molecule has 0 amide bonds. The van der Waals surface area contributed by atoms with Crippen molar-refractivity contribution in [3.05, 3.63) is 11.7 Å². The molecule has 1 saturated carbocycles. The van der Waals surface area contributed by atoms with Crippen LogP contribution in [-0.2, 0) is 16.9 Å². The number of nitrogens with zero attached hydrogens (tertiary/aromatic N) is 2. The summed E-state index contributed by atoms with van der Waals surface area (Å²) in [5.41, 5.74) is 0.0296. The van der Waals surface area contributed by atoms with Gasteiger partial charge in [-0.1, -0.05) is 25.9 Å². The predicted molar refractivity (Wildman–Crippen MR) is 72.6 cm³/mol. The Morgan fingerprint density at radius 2 is 1.95 bits per heavy atom. The quantitative estimate of drug-likeness (QED) is 0.888. The van der Waals surface area contributed by atoms with Crippen molar-refractivity contribution in [1.82, 2.24) is 15.5 Å². The van der Waals surface area contributed by atoms with Gasteiger partial charge in [-0.3, -0.25) is 0 Å². The molecule has 108 valence electrons. The Kier molecular flexibility index (Phi) is 4.26. The van der Waals surface area contributed by atoms with Gasteiger partial charge < -0.3 is 14.6 Å². The van der Waals surface area contributed by atoms with E-state index in [1.54, 1.807) is 7.11 Å². The van der Waals surface area contributed by atoms with Crippen LogP contribution in [-0.4, -0.2) is 23.8 Å². The molecule has 5 nitrogen and oxygen atoms in total. The van der Waals surface area contributed by atoms with Crippen molar-refractivity contribution in [2.75, 3.05) is 13.7 Å². The van der Waals surface area contributed by atoms with Crippen LogP contribution in [0.2, 0.25) is 0 Å². The highest BCUT2D eigenvalue weighted by Crippen LogP contribution is 2.46. The molecule has 0 bridgehead atoms. The standard InChI is InChI=1S/C14H25N3O2/c1-5-15-10-11-16-12(17-19-11)14(18-4)8-6-13(2,3)7-9-14/h15H,5-10H2,1-4H3. The van der Waals surface area contributed by atoms with Crippen LogP contribution in [0.25, 0.3) is 0 Å². The summed E-state index contributed by atoms with van der Waals surface area (Å²) in [6.45, 7) is 8.17. The molecule has 0 aliphatic heterocycles. The van der Waals surface area contributed by atoms with E-state index < -0.39 is 0 Å². The summed E-state index contributed by atoms with van der Waals surface area (Å²) in [7, 11) is 1.75. The van der Waals surface area contributed by atoms with Crippen molar-refractivity contribution in [3.8, 4) is 0 Å². The second kappa shape index (κ2) is 5.59. The Labute approximate surface area is 115 Å². The van der Waals surface area contributed by atoms with E-state index in [1.165, 1.54) is 0 Å². The average molecular weight is 267 g/mol. The number of hydrogen-bond acceptors (Lipinski definition) is 5. The zero-order chi connectivity index (χ0) is 13.9. The SMILES string of the molecule is CCNCc1nc(C2(OC)CCC(C)(C)CC2)no1. The van der Waals surface area contributed by atoms with Crippen molar-refractivity contribution in [2.45, 2.75) is 58.6 Å². The Morgan fingerprint density at radius 3 is 2.53 bits per heavy atom. The van der Waals surface area contributed by atoms with Crippen LogP contribution < -0.4 is 5.32 Å². The van der Waals surface area contributed by atoms with Crippen LogP contribution in [0.3, 0.4) is 0 Å². The maximum atomic E-state index is 5.77. The fourth-order valence-corrected chi connectivity index (χ4v) is 2.59. The molecule has 1 fully saturated rings. The van der Waals surface area contributed by atoms with Crippen molar-refractivity contribution < 1.29 is 9.26 Å². The number of hydrogen-bond donors (Lipinski definition) is 1. The molecule has 0 spiro atoms. The van der Waals surface area contributed by atoms with Crippen LogP contribution in [0, 0.1) is 5.41 Å². The van der Waals surface area contributed by atoms with E-state index >= 15 is 0 Å². The zero-order valence-corrected chi connectivity index (χ0v) is 12.5. The second-order valence-corrected chi connectivity index (χ2v) is 6.15. The first-order valence-electron chi connectivity index (χ1n) is 7.10. The molecule has 19 heavy (non-hydrogen) atoms. The molecular formula is C14H25N3O2. The van der Waals surface area contributed by atoms with Crippen LogP contribution in [0.1, 0.15) is 58.2 Å². The molecule has 1 aliphatic rings. The molecule has 1 N–H and O–H groups in total. The molecule has 0 aromatic carbocycles.